The predicted molar refractivity (Wildman–Crippen MR) is 107 cm³/mol. The van der Waals surface area contributed by atoms with Gasteiger partial charge in [0, 0.05) is 24.4 Å². The zero-order chi connectivity index (χ0) is 20.5. The van der Waals surface area contributed by atoms with Gasteiger partial charge in [-0.05, 0) is 30.3 Å². The van der Waals surface area contributed by atoms with Gasteiger partial charge in [0.15, 0.2) is 11.5 Å². The number of hydrogen-bond acceptors (Lipinski definition) is 5. The first-order valence-corrected chi connectivity index (χ1v) is 8.84. The highest BCUT2D eigenvalue weighted by Gasteiger charge is 2.15. The number of aromatic nitrogens is 4. The van der Waals surface area contributed by atoms with Crippen LogP contribution in [0.1, 0.15) is 5.56 Å². The average Bonchev–Trinajstić information content (AvgIpc) is 2.76. The SMILES string of the molecule is COc1ccc(-c2ncc3c(=O)n(Cc4ccccc4F)c(=O)n(C)c3n2)cc1. The molecule has 0 radical (unpaired) electrons. The van der Waals surface area contributed by atoms with Crippen molar-refractivity contribution in [1.82, 2.24) is 19.1 Å². The summed E-state index contributed by atoms with van der Waals surface area (Å²) in [6.07, 6.45) is 1.39. The summed E-state index contributed by atoms with van der Waals surface area (Å²) in [5, 5.41) is 0.181. The second kappa shape index (κ2) is 7.31. The molecule has 0 amide bonds. The third-order valence-electron chi connectivity index (χ3n) is 4.71. The smallest absolute Gasteiger partial charge is 0.332 e. The van der Waals surface area contributed by atoms with Crippen molar-refractivity contribution in [2.24, 2.45) is 7.05 Å². The molecule has 2 aromatic carbocycles. The molecule has 0 spiro atoms. The molecule has 4 aromatic rings. The van der Waals surface area contributed by atoms with E-state index in [4.69, 9.17) is 4.74 Å². The van der Waals surface area contributed by atoms with E-state index in [1.54, 1.807) is 43.5 Å². The molecule has 8 heteroatoms. The minimum absolute atomic E-state index is 0.172. The van der Waals surface area contributed by atoms with E-state index in [-0.39, 0.29) is 23.1 Å². The molecule has 0 saturated carbocycles. The molecule has 0 aliphatic rings. The summed E-state index contributed by atoms with van der Waals surface area (Å²) >= 11 is 0. The first-order valence-electron chi connectivity index (χ1n) is 8.84. The third-order valence-corrected chi connectivity index (χ3v) is 4.71. The van der Waals surface area contributed by atoms with Crippen LogP contribution >= 0.6 is 0 Å². The molecular formula is C21H17FN4O3. The molecule has 7 nitrogen and oxygen atoms in total. The number of fused-ring (bicyclic) bond motifs is 1. The minimum Gasteiger partial charge on any atom is -0.497 e. The molecular weight excluding hydrogens is 375 g/mol. The minimum atomic E-state index is -0.579. The molecule has 0 N–H and O–H groups in total. The Balaban J connectivity index is 1.85. The number of methoxy groups -OCH3 is 1. The number of nitrogens with zero attached hydrogens (tertiary/aromatic N) is 4. The van der Waals surface area contributed by atoms with Gasteiger partial charge in [-0.3, -0.25) is 13.9 Å². The summed E-state index contributed by atoms with van der Waals surface area (Å²) in [7, 11) is 3.09. The first-order chi connectivity index (χ1) is 14.0. The van der Waals surface area contributed by atoms with Crippen molar-refractivity contribution >= 4 is 11.0 Å². The quantitative estimate of drug-likeness (QED) is 0.533. The van der Waals surface area contributed by atoms with Gasteiger partial charge >= 0.3 is 5.69 Å². The van der Waals surface area contributed by atoms with E-state index in [1.807, 2.05) is 0 Å². The van der Waals surface area contributed by atoms with Crippen molar-refractivity contribution < 1.29 is 9.13 Å². The van der Waals surface area contributed by atoms with Crippen LogP contribution in [-0.2, 0) is 13.6 Å². The molecule has 0 fully saturated rings. The van der Waals surface area contributed by atoms with Crippen LogP contribution in [0.3, 0.4) is 0 Å². The van der Waals surface area contributed by atoms with Crippen molar-refractivity contribution in [3.05, 3.63) is 86.9 Å². The lowest BCUT2D eigenvalue weighted by molar-refractivity contribution is 0.415. The molecule has 4 rings (SSSR count). The molecule has 2 aromatic heterocycles. The van der Waals surface area contributed by atoms with Gasteiger partial charge in [-0.25, -0.2) is 19.2 Å². The van der Waals surface area contributed by atoms with Gasteiger partial charge in [-0.2, -0.15) is 0 Å². The van der Waals surface area contributed by atoms with Crippen LogP contribution in [0.25, 0.3) is 22.4 Å². The third kappa shape index (κ3) is 3.29. The molecule has 146 valence electrons. The van der Waals surface area contributed by atoms with Gasteiger partial charge < -0.3 is 4.74 Å². The van der Waals surface area contributed by atoms with Crippen molar-refractivity contribution in [2.75, 3.05) is 7.11 Å². The van der Waals surface area contributed by atoms with Crippen LogP contribution in [0.15, 0.2) is 64.3 Å². The van der Waals surface area contributed by atoms with E-state index in [0.717, 1.165) is 10.1 Å². The van der Waals surface area contributed by atoms with Crippen LogP contribution in [0, 0.1) is 5.82 Å². The fourth-order valence-corrected chi connectivity index (χ4v) is 3.10. The second-order valence-electron chi connectivity index (χ2n) is 6.48. The van der Waals surface area contributed by atoms with E-state index in [9.17, 15) is 14.0 Å². The highest BCUT2D eigenvalue weighted by molar-refractivity contribution is 5.75. The van der Waals surface area contributed by atoms with Crippen LogP contribution < -0.4 is 16.0 Å². The van der Waals surface area contributed by atoms with Gasteiger partial charge in [0.05, 0.1) is 13.7 Å². The normalized spacial score (nSPS) is 11.0. The number of aryl methyl sites for hydroxylation is 1. The highest BCUT2D eigenvalue weighted by Crippen LogP contribution is 2.20. The Labute approximate surface area is 164 Å². The van der Waals surface area contributed by atoms with Crippen molar-refractivity contribution in [1.29, 1.82) is 0 Å². The van der Waals surface area contributed by atoms with Crippen LogP contribution in [-0.4, -0.2) is 26.2 Å². The van der Waals surface area contributed by atoms with E-state index < -0.39 is 17.1 Å². The van der Waals surface area contributed by atoms with Crippen LogP contribution in [0.4, 0.5) is 4.39 Å². The lowest BCUT2D eigenvalue weighted by Crippen LogP contribution is -2.40. The summed E-state index contributed by atoms with van der Waals surface area (Å²) in [6.45, 7) is -0.172. The lowest BCUT2D eigenvalue weighted by atomic mass is 10.2. The summed E-state index contributed by atoms with van der Waals surface area (Å²) in [6, 6.07) is 13.1. The maximum atomic E-state index is 14.0. The maximum absolute atomic E-state index is 14.0. The largest absolute Gasteiger partial charge is 0.497 e. The zero-order valence-electron chi connectivity index (χ0n) is 15.8. The van der Waals surface area contributed by atoms with E-state index in [0.29, 0.717) is 11.6 Å². The van der Waals surface area contributed by atoms with Crippen LogP contribution in [0.2, 0.25) is 0 Å². The van der Waals surface area contributed by atoms with Crippen molar-refractivity contribution in [2.45, 2.75) is 6.54 Å². The van der Waals surface area contributed by atoms with Crippen molar-refractivity contribution in [3.8, 4) is 17.1 Å². The Morgan fingerprint density at radius 1 is 1.07 bits per heavy atom. The topological polar surface area (TPSA) is 79.0 Å². The molecule has 29 heavy (non-hydrogen) atoms. The Kier molecular flexibility index (Phi) is 4.67. The fraction of sp³-hybridized carbons (Fsp3) is 0.143. The van der Waals surface area contributed by atoms with Gasteiger partial charge in [0.2, 0.25) is 0 Å². The number of halogens is 1. The molecule has 0 aliphatic carbocycles. The number of ether oxygens (including phenoxy) is 1. The Morgan fingerprint density at radius 2 is 1.79 bits per heavy atom. The number of rotatable bonds is 4. The monoisotopic (exact) mass is 392 g/mol. The maximum Gasteiger partial charge on any atom is 0.332 e. The van der Waals surface area contributed by atoms with Gasteiger partial charge in [0.1, 0.15) is 17.0 Å². The Hall–Kier alpha value is -3.81. The fourth-order valence-electron chi connectivity index (χ4n) is 3.10. The van der Waals surface area contributed by atoms with Crippen molar-refractivity contribution in [3.63, 3.8) is 0 Å². The molecule has 0 atom stereocenters. The molecule has 2 heterocycles. The molecule has 0 unspecified atom stereocenters. The van der Waals surface area contributed by atoms with Crippen LogP contribution in [0.5, 0.6) is 5.75 Å². The summed E-state index contributed by atoms with van der Waals surface area (Å²) in [5.74, 6) is 0.590. The average molecular weight is 392 g/mol. The summed E-state index contributed by atoms with van der Waals surface area (Å²) in [5.41, 5.74) is 0.0425. The summed E-state index contributed by atoms with van der Waals surface area (Å²) < 4.78 is 21.4. The standard InChI is InChI=1S/C21H17FN4O3/c1-25-19-16(11-23-18(24-19)13-7-9-15(29-2)10-8-13)20(27)26(21(25)28)12-14-5-3-4-6-17(14)22/h3-11H,12H2,1-2H3. The van der Waals surface area contributed by atoms with E-state index in [2.05, 4.69) is 9.97 Å². The first kappa shape index (κ1) is 18.5. The molecule has 0 aliphatic heterocycles. The highest BCUT2D eigenvalue weighted by atomic mass is 19.1. The second-order valence-corrected chi connectivity index (χ2v) is 6.48. The number of benzene rings is 2. The van der Waals surface area contributed by atoms with Gasteiger partial charge in [-0.15, -0.1) is 0 Å². The van der Waals surface area contributed by atoms with Gasteiger partial charge in [0.25, 0.3) is 5.56 Å². The number of hydrogen-bond donors (Lipinski definition) is 0. The van der Waals surface area contributed by atoms with E-state index in [1.165, 1.54) is 29.9 Å². The summed E-state index contributed by atoms with van der Waals surface area (Å²) in [4.78, 5) is 34.3. The predicted octanol–water partition coefficient (Wildman–Crippen LogP) is 2.35. The Bertz CT molecular complexity index is 1330. The Morgan fingerprint density at radius 3 is 2.48 bits per heavy atom. The zero-order valence-corrected chi connectivity index (χ0v) is 15.8. The molecule has 0 bridgehead atoms. The molecule has 0 saturated heterocycles. The van der Waals surface area contributed by atoms with Gasteiger partial charge in [-0.1, -0.05) is 18.2 Å². The van der Waals surface area contributed by atoms with E-state index >= 15 is 0 Å². The lowest BCUT2D eigenvalue weighted by Gasteiger charge is -2.11.